The van der Waals surface area contributed by atoms with Gasteiger partial charge in [-0.3, -0.25) is 4.79 Å². The van der Waals surface area contributed by atoms with Crippen molar-refractivity contribution in [1.29, 1.82) is 0 Å². The zero-order valence-corrected chi connectivity index (χ0v) is 23.4. The average Bonchev–Trinajstić information content (AvgIpc) is 3.39. The number of fused-ring (bicyclic) bond motifs is 1. The molecule has 0 spiro atoms. The maximum Gasteiger partial charge on any atom is 0.291 e. The van der Waals surface area contributed by atoms with Gasteiger partial charge in [-0.1, -0.05) is 12.1 Å². The van der Waals surface area contributed by atoms with Crippen LogP contribution in [0.15, 0.2) is 28.7 Å². The molecule has 0 atom stereocenters. The van der Waals surface area contributed by atoms with Crippen molar-refractivity contribution in [1.82, 2.24) is 15.3 Å². The number of hydrogen-bond donors (Lipinski definition) is 3. The number of amides is 1. The fourth-order valence-electron chi connectivity index (χ4n) is 4.85. The second kappa shape index (κ2) is 10.6. The number of aromatic nitrogens is 2. The number of nitrogens with one attached hydrogen (secondary N) is 3. The molecule has 2 aromatic heterocycles. The van der Waals surface area contributed by atoms with E-state index in [1.54, 1.807) is 6.07 Å². The molecule has 1 amide bonds. The van der Waals surface area contributed by atoms with Crippen molar-refractivity contribution in [3.8, 4) is 11.8 Å². The number of rotatable bonds is 10. The number of carbonyl (C=O) groups is 1. The van der Waals surface area contributed by atoms with Crippen molar-refractivity contribution in [2.45, 2.75) is 52.2 Å². The molecule has 3 aromatic rings. The lowest BCUT2D eigenvalue weighted by molar-refractivity contribution is -0.105. The second-order valence-electron chi connectivity index (χ2n) is 10.3. The highest BCUT2D eigenvalue weighted by Crippen LogP contribution is 2.47. The molecule has 0 unspecified atom stereocenters. The van der Waals surface area contributed by atoms with Gasteiger partial charge in [-0.25, -0.2) is 0 Å². The largest absolute Gasteiger partial charge is 0.479 e. The van der Waals surface area contributed by atoms with Gasteiger partial charge in [-0.05, 0) is 76.1 Å². The molecule has 0 bridgehead atoms. The van der Waals surface area contributed by atoms with Crippen LogP contribution >= 0.6 is 0 Å². The Labute approximate surface area is 223 Å². The van der Waals surface area contributed by atoms with Crippen LogP contribution in [-0.2, 0) is 22.4 Å². The third-order valence-corrected chi connectivity index (χ3v) is 6.66. The Morgan fingerprint density at radius 3 is 2.21 bits per heavy atom. The first kappa shape index (κ1) is 27.4. The molecule has 1 aliphatic rings. The minimum Gasteiger partial charge on any atom is -0.479 e. The van der Waals surface area contributed by atoms with Crippen LogP contribution < -0.4 is 25.4 Å². The molecule has 0 saturated carbocycles. The summed E-state index contributed by atoms with van der Waals surface area (Å²) in [6.45, 7) is 11.8. The van der Waals surface area contributed by atoms with Gasteiger partial charge in [-0.2, -0.15) is 9.97 Å². The zero-order valence-electron chi connectivity index (χ0n) is 23.4. The third kappa shape index (κ3) is 5.46. The van der Waals surface area contributed by atoms with Crippen LogP contribution in [0.3, 0.4) is 0 Å². The first-order valence-electron chi connectivity index (χ1n) is 12.6. The summed E-state index contributed by atoms with van der Waals surface area (Å²) >= 11 is 0. The minimum absolute atomic E-state index is 0.156. The molecule has 3 N–H and O–H groups in total. The molecule has 3 heterocycles. The van der Waals surface area contributed by atoms with Crippen molar-refractivity contribution in [3.63, 3.8) is 0 Å². The molecule has 0 saturated heterocycles. The molecule has 1 aliphatic heterocycles. The molecule has 0 radical (unpaired) electrons. The molecule has 0 fully saturated rings. The van der Waals surface area contributed by atoms with Gasteiger partial charge in [0.15, 0.2) is 11.4 Å². The highest BCUT2D eigenvalue weighted by Gasteiger charge is 2.43. The number of ether oxygens (including phenoxy) is 3. The smallest absolute Gasteiger partial charge is 0.291 e. The molecule has 1 aromatic carbocycles. The maximum atomic E-state index is 13.1. The minimum atomic E-state index is -0.464. The number of benzene rings is 1. The molecule has 38 heavy (non-hydrogen) atoms. The van der Waals surface area contributed by atoms with E-state index in [2.05, 4.69) is 72.7 Å². The van der Waals surface area contributed by atoms with Crippen LogP contribution in [0.4, 0.5) is 11.6 Å². The van der Waals surface area contributed by atoms with Crippen LogP contribution in [0.2, 0.25) is 0 Å². The molecule has 10 heteroatoms. The topological polar surface area (TPSA) is 120 Å². The Kier molecular flexibility index (Phi) is 7.66. The third-order valence-electron chi connectivity index (χ3n) is 6.66. The fraction of sp³-hybridized carbons (Fsp3) is 0.464. The number of anilines is 2. The lowest BCUT2D eigenvalue weighted by Crippen LogP contribution is -2.22. The standard InChI is InChI=1S/C28H37N5O5/c1-16-13-19-20(28(4,5)38-27(19,2)3)15-17(16)14-18-9-10-21(37-18)23(34)31-22-24(35-7)32-26(30-12-11-29-6)33-25(22)36-8/h9-10,13,15,29H,11-12,14H2,1-8H3,(H,31,34)(H,30,32,33). The molecule has 204 valence electrons. The molecule has 4 rings (SSSR count). The fourth-order valence-corrected chi connectivity index (χ4v) is 4.85. The molecule has 0 aliphatic carbocycles. The first-order chi connectivity index (χ1) is 18.0. The quantitative estimate of drug-likeness (QED) is 0.333. The second-order valence-corrected chi connectivity index (χ2v) is 10.3. The van der Waals surface area contributed by atoms with Crippen LogP contribution in [0.1, 0.15) is 66.3 Å². The Morgan fingerprint density at radius 2 is 1.61 bits per heavy atom. The highest BCUT2D eigenvalue weighted by atomic mass is 16.5. The average molecular weight is 524 g/mol. The van der Waals surface area contributed by atoms with E-state index in [0.717, 1.165) is 17.7 Å². The Balaban J connectivity index is 1.53. The lowest BCUT2D eigenvalue weighted by atomic mass is 9.86. The van der Waals surface area contributed by atoms with Gasteiger partial charge < -0.3 is 34.6 Å². The van der Waals surface area contributed by atoms with Crippen molar-refractivity contribution in [3.05, 3.63) is 58.0 Å². The summed E-state index contributed by atoms with van der Waals surface area (Å²) < 4.78 is 23.0. The summed E-state index contributed by atoms with van der Waals surface area (Å²) in [5.41, 5.74) is 4.15. The highest BCUT2D eigenvalue weighted by molar-refractivity contribution is 6.03. The number of furan rings is 1. The summed E-state index contributed by atoms with van der Waals surface area (Å²) in [4.78, 5) is 21.7. The monoisotopic (exact) mass is 523 g/mol. The number of likely N-dealkylation sites (N-methyl/N-ethyl adjacent to an activating group) is 1. The zero-order chi connectivity index (χ0) is 27.7. The van der Waals surface area contributed by atoms with Crippen molar-refractivity contribution >= 4 is 17.5 Å². The Hall–Kier alpha value is -3.63. The van der Waals surface area contributed by atoms with Crippen LogP contribution in [0.5, 0.6) is 11.8 Å². The number of methoxy groups -OCH3 is 2. The number of hydrogen-bond acceptors (Lipinski definition) is 9. The predicted octanol–water partition coefficient (Wildman–Crippen LogP) is 4.37. The van der Waals surface area contributed by atoms with E-state index in [9.17, 15) is 4.79 Å². The van der Waals surface area contributed by atoms with Gasteiger partial charge in [0.2, 0.25) is 17.7 Å². The van der Waals surface area contributed by atoms with Crippen molar-refractivity contribution in [2.75, 3.05) is 45.0 Å². The summed E-state index contributed by atoms with van der Waals surface area (Å²) in [6, 6.07) is 7.86. The predicted molar refractivity (Wildman–Crippen MR) is 145 cm³/mol. The van der Waals surface area contributed by atoms with Crippen molar-refractivity contribution < 1.29 is 23.4 Å². The Bertz CT molecular complexity index is 1310. The summed E-state index contributed by atoms with van der Waals surface area (Å²) in [6.07, 6.45) is 0.547. The van der Waals surface area contributed by atoms with E-state index in [4.69, 9.17) is 18.6 Å². The van der Waals surface area contributed by atoms with Gasteiger partial charge in [0.25, 0.3) is 5.91 Å². The summed E-state index contributed by atoms with van der Waals surface area (Å²) in [5, 5.41) is 8.88. The number of nitrogens with zero attached hydrogens (tertiary/aromatic N) is 2. The van der Waals surface area contributed by atoms with Gasteiger partial charge in [-0.15, -0.1) is 0 Å². The van der Waals surface area contributed by atoms with E-state index in [-0.39, 0.29) is 34.4 Å². The molecular formula is C28H37N5O5. The van der Waals surface area contributed by atoms with E-state index in [0.29, 0.717) is 24.7 Å². The summed E-state index contributed by atoms with van der Waals surface area (Å²) in [5.74, 6) is 1.04. The SMILES string of the molecule is CNCCNc1nc(OC)c(NC(=O)c2ccc(Cc3cc4c(cc3C)C(C)(C)OC4(C)C)o2)c(OC)n1. The van der Waals surface area contributed by atoms with Crippen LogP contribution in [-0.4, -0.2) is 50.2 Å². The van der Waals surface area contributed by atoms with Crippen molar-refractivity contribution in [2.24, 2.45) is 0 Å². The van der Waals surface area contributed by atoms with E-state index in [1.165, 1.54) is 25.3 Å². The van der Waals surface area contributed by atoms with Crippen LogP contribution in [0.25, 0.3) is 0 Å². The van der Waals surface area contributed by atoms with Gasteiger partial charge in [0.1, 0.15) is 5.76 Å². The lowest BCUT2D eigenvalue weighted by Gasteiger charge is -2.24. The van der Waals surface area contributed by atoms with E-state index >= 15 is 0 Å². The van der Waals surface area contributed by atoms with Gasteiger partial charge >= 0.3 is 0 Å². The molecule has 10 nitrogen and oxygen atoms in total. The van der Waals surface area contributed by atoms with E-state index in [1.807, 2.05) is 13.1 Å². The number of carbonyl (C=O) groups excluding carboxylic acids is 1. The first-order valence-corrected chi connectivity index (χ1v) is 12.6. The maximum absolute atomic E-state index is 13.1. The molecular weight excluding hydrogens is 486 g/mol. The van der Waals surface area contributed by atoms with Gasteiger partial charge in [0.05, 0.1) is 25.4 Å². The normalized spacial score (nSPS) is 15.2. The van der Waals surface area contributed by atoms with E-state index < -0.39 is 5.91 Å². The Morgan fingerprint density at radius 1 is 0.974 bits per heavy atom. The van der Waals surface area contributed by atoms with Crippen LogP contribution in [0, 0.1) is 6.92 Å². The summed E-state index contributed by atoms with van der Waals surface area (Å²) in [7, 11) is 4.78. The number of aryl methyl sites for hydroxylation is 1. The van der Waals surface area contributed by atoms with Gasteiger partial charge in [0, 0.05) is 19.5 Å².